The van der Waals surface area contributed by atoms with Crippen LogP contribution in [0.15, 0.2) is 24.4 Å². The number of nitrogens with zero attached hydrogens (tertiary/aromatic N) is 9. The van der Waals surface area contributed by atoms with Gasteiger partial charge in [0.15, 0.2) is 11.5 Å². The van der Waals surface area contributed by atoms with Gasteiger partial charge in [-0.25, -0.2) is 4.98 Å². The Bertz CT molecular complexity index is 1000. The van der Waals surface area contributed by atoms with Crippen molar-refractivity contribution in [1.29, 1.82) is 0 Å². The molecule has 2 aliphatic heterocycles. The predicted molar refractivity (Wildman–Crippen MR) is 110 cm³/mol. The van der Waals surface area contributed by atoms with E-state index in [0.717, 1.165) is 74.9 Å². The van der Waals surface area contributed by atoms with E-state index in [-0.39, 0.29) is 0 Å². The van der Waals surface area contributed by atoms with E-state index in [1.165, 1.54) is 0 Å². The summed E-state index contributed by atoms with van der Waals surface area (Å²) in [7, 11) is 2.11. The van der Waals surface area contributed by atoms with Gasteiger partial charge in [-0.05, 0) is 31.5 Å². The van der Waals surface area contributed by atoms with E-state index in [0.29, 0.717) is 6.04 Å². The summed E-state index contributed by atoms with van der Waals surface area (Å²) in [6.07, 6.45) is 2.90. The van der Waals surface area contributed by atoms with Gasteiger partial charge in [0.25, 0.3) is 0 Å². The van der Waals surface area contributed by atoms with Crippen LogP contribution in [0, 0.1) is 6.92 Å². The number of hydrogen-bond donors (Lipinski definition) is 0. The second-order valence-corrected chi connectivity index (χ2v) is 7.52. The normalized spacial score (nSPS) is 19.9. The molecule has 0 bridgehead atoms. The maximum atomic E-state index is 5.43. The summed E-state index contributed by atoms with van der Waals surface area (Å²) in [5, 5.41) is 12.9. The number of likely N-dealkylation sites (N-methyl/N-ethyl adjacent to an activating group) is 1. The Balaban J connectivity index is 1.31. The van der Waals surface area contributed by atoms with E-state index in [1.54, 1.807) is 4.52 Å². The summed E-state index contributed by atoms with van der Waals surface area (Å²) >= 11 is 0. The number of fused-ring (bicyclic) bond motifs is 1. The molecule has 0 saturated carbocycles. The second-order valence-electron chi connectivity index (χ2n) is 7.52. The quantitative estimate of drug-likeness (QED) is 0.636. The van der Waals surface area contributed by atoms with Crippen LogP contribution in [0.4, 0.5) is 17.6 Å². The third-order valence-corrected chi connectivity index (χ3v) is 5.72. The predicted octanol–water partition coefficient (Wildman–Crippen LogP) is 0.774. The molecule has 10 heteroatoms. The molecule has 3 aromatic rings. The zero-order valence-corrected chi connectivity index (χ0v) is 16.8. The van der Waals surface area contributed by atoms with Crippen LogP contribution in [-0.4, -0.2) is 82.3 Å². The molecule has 2 saturated heterocycles. The number of aryl methyl sites for hydroxylation is 1. The fraction of sp³-hybridized carbons (Fsp3) is 0.526. The molecule has 0 aromatic carbocycles. The number of rotatable bonds is 4. The van der Waals surface area contributed by atoms with Crippen molar-refractivity contribution in [3.05, 3.63) is 30.2 Å². The zero-order chi connectivity index (χ0) is 19.8. The van der Waals surface area contributed by atoms with Crippen molar-refractivity contribution >= 4 is 23.2 Å². The molecule has 152 valence electrons. The van der Waals surface area contributed by atoms with Gasteiger partial charge in [-0.15, -0.1) is 15.3 Å². The van der Waals surface area contributed by atoms with Gasteiger partial charge in [-0.1, -0.05) is 0 Å². The van der Waals surface area contributed by atoms with Gasteiger partial charge in [-0.2, -0.15) is 9.50 Å². The molecule has 5 rings (SSSR count). The van der Waals surface area contributed by atoms with E-state index in [9.17, 15) is 0 Å². The highest BCUT2D eigenvalue weighted by molar-refractivity contribution is 5.49. The molecule has 10 nitrogen and oxygen atoms in total. The number of hydrogen-bond acceptors (Lipinski definition) is 9. The minimum atomic E-state index is 0.363. The lowest BCUT2D eigenvalue weighted by Gasteiger charge is -2.29. The lowest BCUT2D eigenvalue weighted by atomic mass is 10.2. The van der Waals surface area contributed by atoms with Crippen LogP contribution in [0.5, 0.6) is 0 Å². The maximum absolute atomic E-state index is 5.43. The van der Waals surface area contributed by atoms with Gasteiger partial charge in [0.05, 0.1) is 13.2 Å². The Morgan fingerprint density at radius 3 is 2.79 bits per heavy atom. The second kappa shape index (κ2) is 7.43. The maximum Gasteiger partial charge on any atom is 0.227 e. The molecule has 0 amide bonds. The van der Waals surface area contributed by atoms with Crippen molar-refractivity contribution in [3.8, 4) is 0 Å². The number of ether oxygens (including phenoxy) is 1. The average molecular weight is 395 g/mol. The van der Waals surface area contributed by atoms with Crippen LogP contribution in [0.3, 0.4) is 0 Å². The molecule has 2 aliphatic rings. The molecule has 0 N–H and O–H groups in total. The standard InChI is InChI=1S/C19H25N9O/c1-14-22-23-17-3-4-18(24-28(14)17)27-8-6-15(13-27)25(2)16-5-7-20-19(21-16)26-9-11-29-12-10-26/h3-5,7,15H,6,8-13H2,1-2H3. The summed E-state index contributed by atoms with van der Waals surface area (Å²) in [5.74, 6) is 3.48. The van der Waals surface area contributed by atoms with Crippen molar-refractivity contribution in [3.63, 3.8) is 0 Å². The number of aromatic nitrogens is 6. The van der Waals surface area contributed by atoms with Crippen molar-refractivity contribution in [2.75, 3.05) is 61.1 Å². The zero-order valence-electron chi connectivity index (χ0n) is 16.8. The van der Waals surface area contributed by atoms with Crippen LogP contribution in [0.1, 0.15) is 12.2 Å². The number of anilines is 3. The van der Waals surface area contributed by atoms with E-state index in [2.05, 4.69) is 36.9 Å². The lowest BCUT2D eigenvalue weighted by molar-refractivity contribution is 0.122. The molecule has 0 spiro atoms. The third-order valence-electron chi connectivity index (χ3n) is 5.72. The first-order valence-corrected chi connectivity index (χ1v) is 10.0. The Labute approximate surface area is 169 Å². The molecule has 3 aromatic heterocycles. The Kier molecular flexibility index (Phi) is 4.62. The summed E-state index contributed by atoms with van der Waals surface area (Å²) in [6.45, 7) is 6.89. The van der Waals surface area contributed by atoms with Crippen LogP contribution < -0.4 is 14.7 Å². The summed E-state index contributed by atoms with van der Waals surface area (Å²) < 4.78 is 7.23. The van der Waals surface area contributed by atoms with Gasteiger partial charge in [0.1, 0.15) is 11.6 Å². The van der Waals surface area contributed by atoms with E-state index >= 15 is 0 Å². The van der Waals surface area contributed by atoms with Gasteiger partial charge >= 0.3 is 0 Å². The van der Waals surface area contributed by atoms with Crippen LogP contribution in [-0.2, 0) is 4.74 Å². The molecule has 0 radical (unpaired) electrons. The molecule has 1 unspecified atom stereocenters. The lowest BCUT2D eigenvalue weighted by Crippen LogP contribution is -2.38. The Morgan fingerprint density at radius 2 is 1.93 bits per heavy atom. The smallest absolute Gasteiger partial charge is 0.227 e. The molecule has 2 fully saturated rings. The van der Waals surface area contributed by atoms with Crippen molar-refractivity contribution in [2.24, 2.45) is 0 Å². The van der Waals surface area contributed by atoms with E-state index in [1.807, 2.05) is 31.3 Å². The van der Waals surface area contributed by atoms with Crippen molar-refractivity contribution in [1.82, 2.24) is 29.8 Å². The van der Waals surface area contributed by atoms with E-state index in [4.69, 9.17) is 14.8 Å². The average Bonchev–Trinajstić information content (AvgIpc) is 3.41. The highest BCUT2D eigenvalue weighted by Crippen LogP contribution is 2.24. The van der Waals surface area contributed by atoms with Crippen molar-refractivity contribution < 1.29 is 4.74 Å². The van der Waals surface area contributed by atoms with Crippen molar-refractivity contribution in [2.45, 2.75) is 19.4 Å². The summed E-state index contributed by atoms with van der Waals surface area (Å²) in [5.41, 5.74) is 0.774. The van der Waals surface area contributed by atoms with Gasteiger partial charge in [-0.3, -0.25) is 0 Å². The van der Waals surface area contributed by atoms with Crippen LogP contribution in [0.2, 0.25) is 0 Å². The highest BCUT2D eigenvalue weighted by Gasteiger charge is 2.28. The topological polar surface area (TPSA) is 87.8 Å². The van der Waals surface area contributed by atoms with Gasteiger partial charge in [0, 0.05) is 45.5 Å². The van der Waals surface area contributed by atoms with Crippen LogP contribution >= 0.6 is 0 Å². The minimum absolute atomic E-state index is 0.363. The minimum Gasteiger partial charge on any atom is -0.378 e. The molecular weight excluding hydrogens is 370 g/mol. The molecule has 0 aliphatic carbocycles. The highest BCUT2D eigenvalue weighted by atomic mass is 16.5. The fourth-order valence-corrected chi connectivity index (χ4v) is 3.96. The SMILES string of the molecule is Cc1nnc2ccc(N3CCC(N(C)c4ccnc(N5CCOCC5)n4)C3)nn12. The molecule has 1 atom stereocenters. The summed E-state index contributed by atoms with van der Waals surface area (Å²) in [4.78, 5) is 16.0. The fourth-order valence-electron chi connectivity index (χ4n) is 3.96. The first-order valence-electron chi connectivity index (χ1n) is 10.0. The third kappa shape index (κ3) is 3.44. The monoisotopic (exact) mass is 395 g/mol. The van der Waals surface area contributed by atoms with Gasteiger partial charge < -0.3 is 19.4 Å². The Hall–Kier alpha value is -3.01. The summed E-state index contributed by atoms with van der Waals surface area (Å²) in [6, 6.07) is 6.34. The molecule has 5 heterocycles. The molecule has 29 heavy (non-hydrogen) atoms. The van der Waals surface area contributed by atoms with Gasteiger partial charge in [0.2, 0.25) is 5.95 Å². The first-order chi connectivity index (χ1) is 14.2. The Morgan fingerprint density at radius 1 is 1.07 bits per heavy atom. The van der Waals surface area contributed by atoms with Crippen LogP contribution in [0.25, 0.3) is 5.65 Å². The number of morpholine rings is 1. The molecular formula is C19H25N9O. The first kappa shape index (κ1) is 18.0. The largest absolute Gasteiger partial charge is 0.378 e. The van der Waals surface area contributed by atoms with E-state index < -0.39 is 0 Å².